The number of rotatable bonds is 4. The second-order valence-corrected chi connectivity index (χ2v) is 9.04. The van der Waals surface area contributed by atoms with Gasteiger partial charge in [-0.1, -0.05) is 26.0 Å². The molecule has 7 nitrogen and oxygen atoms in total. The molecule has 0 aliphatic carbocycles. The van der Waals surface area contributed by atoms with Crippen LogP contribution in [0.15, 0.2) is 47.5 Å². The van der Waals surface area contributed by atoms with Gasteiger partial charge in [-0.25, -0.2) is 9.50 Å². The second-order valence-electron chi connectivity index (χ2n) is 9.04. The molecule has 0 radical (unpaired) electrons. The van der Waals surface area contributed by atoms with E-state index in [-0.39, 0.29) is 29.3 Å². The summed E-state index contributed by atoms with van der Waals surface area (Å²) >= 11 is 0. The van der Waals surface area contributed by atoms with Gasteiger partial charge in [-0.05, 0) is 49.3 Å². The van der Waals surface area contributed by atoms with Crippen molar-refractivity contribution in [2.75, 3.05) is 13.1 Å². The number of pyridine rings is 2. The third kappa shape index (κ3) is 3.13. The molecule has 5 heterocycles. The first-order valence-corrected chi connectivity index (χ1v) is 10.8. The molecular weight excluding hydrogens is 378 g/mol. The Bertz CT molecular complexity index is 1150. The Morgan fingerprint density at radius 3 is 2.83 bits per heavy atom. The van der Waals surface area contributed by atoms with Gasteiger partial charge in [0.25, 0.3) is 11.5 Å². The zero-order chi connectivity index (χ0) is 20.8. The molecule has 3 aromatic heterocycles. The van der Waals surface area contributed by atoms with Crippen LogP contribution in [0, 0.1) is 11.8 Å². The zero-order valence-corrected chi connectivity index (χ0v) is 17.4. The molecule has 1 saturated heterocycles. The van der Waals surface area contributed by atoms with Crippen molar-refractivity contribution in [1.29, 1.82) is 0 Å². The van der Waals surface area contributed by atoms with E-state index in [1.807, 2.05) is 33.7 Å². The van der Waals surface area contributed by atoms with Gasteiger partial charge in [-0.15, -0.1) is 0 Å². The van der Waals surface area contributed by atoms with Crippen LogP contribution in [0.1, 0.15) is 61.3 Å². The van der Waals surface area contributed by atoms with Gasteiger partial charge in [0.1, 0.15) is 12.0 Å². The summed E-state index contributed by atoms with van der Waals surface area (Å²) in [5.74, 6) is 1.04. The largest absolute Gasteiger partial charge is 0.336 e. The second kappa shape index (κ2) is 7.38. The summed E-state index contributed by atoms with van der Waals surface area (Å²) in [5.41, 5.74) is 2.37. The summed E-state index contributed by atoms with van der Waals surface area (Å²) < 4.78 is 3.64. The van der Waals surface area contributed by atoms with Crippen LogP contribution < -0.4 is 5.56 Å². The van der Waals surface area contributed by atoms with Gasteiger partial charge in [0.15, 0.2) is 5.65 Å². The van der Waals surface area contributed by atoms with Crippen LogP contribution in [0.3, 0.4) is 0 Å². The molecule has 1 fully saturated rings. The number of nitrogens with zero attached hydrogens (tertiary/aromatic N) is 5. The normalized spacial score (nSPS) is 23.0. The molecule has 0 unspecified atom stereocenters. The molecule has 0 spiro atoms. The van der Waals surface area contributed by atoms with E-state index in [9.17, 15) is 9.59 Å². The molecule has 0 aromatic carbocycles. The van der Waals surface area contributed by atoms with Gasteiger partial charge in [0.05, 0.1) is 0 Å². The Labute approximate surface area is 175 Å². The minimum absolute atomic E-state index is 0.0184. The lowest BCUT2D eigenvalue weighted by atomic mass is 9.76. The summed E-state index contributed by atoms with van der Waals surface area (Å²) in [5, 5.41) is 4.23. The number of likely N-dealkylation sites (tertiary alicyclic amines) is 1. The van der Waals surface area contributed by atoms with Gasteiger partial charge in [0, 0.05) is 36.8 Å². The Morgan fingerprint density at radius 2 is 2.00 bits per heavy atom. The van der Waals surface area contributed by atoms with Crippen molar-refractivity contribution < 1.29 is 4.79 Å². The predicted molar refractivity (Wildman–Crippen MR) is 114 cm³/mol. The summed E-state index contributed by atoms with van der Waals surface area (Å²) in [4.78, 5) is 32.4. The average molecular weight is 406 g/mol. The molecule has 1 amide bonds. The van der Waals surface area contributed by atoms with E-state index in [1.54, 1.807) is 10.6 Å². The Kier molecular flexibility index (Phi) is 4.68. The van der Waals surface area contributed by atoms with Crippen molar-refractivity contribution in [3.8, 4) is 0 Å². The van der Waals surface area contributed by atoms with Gasteiger partial charge in [0.2, 0.25) is 0 Å². The third-order valence-electron chi connectivity index (χ3n) is 6.65. The van der Waals surface area contributed by atoms with Crippen molar-refractivity contribution in [3.63, 3.8) is 0 Å². The highest BCUT2D eigenvalue weighted by atomic mass is 16.2. The van der Waals surface area contributed by atoms with Crippen LogP contribution in [-0.2, 0) is 0 Å². The Balaban J connectivity index is 1.50. The highest BCUT2D eigenvalue weighted by Crippen LogP contribution is 2.43. The quantitative estimate of drug-likeness (QED) is 0.669. The molecule has 3 atom stereocenters. The van der Waals surface area contributed by atoms with Crippen LogP contribution in [0.25, 0.3) is 5.65 Å². The fraction of sp³-hybridized carbons (Fsp3) is 0.478. The first-order valence-electron chi connectivity index (χ1n) is 10.8. The van der Waals surface area contributed by atoms with Crippen LogP contribution in [0.5, 0.6) is 0 Å². The Hall–Kier alpha value is -2.96. The van der Waals surface area contributed by atoms with E-state index in [4.69, 9.17) is 0 Å². The molecule has 2 aliphatic rings. The van der Waals surface area contributed by atoms with Crippen molar-refractivity contribution >= 4 is 11.6 Å². The van der Waals surface area contributed by atoms with E-state index < -0.39 is 0 Å². The number of carbonyl (C=O) groups excluding carboxylic acids is 1. The molecule has 3 aromatic rings. The molecular formula is C23H27N5O2. The van der Waals surface area contributed by atoms with Gasteiger partial charge in [-0.2, -0.15) is 5.10 Å². The molecule has 0 N–H and O–H groups in total. The maximum Gasteiger partial charge on any atom is 0.272 e. The number of fused-ring (bicyclic) bond motifs is 5. The van der Waals surface area contributed by atoms with Crippen LogP contribution in [0.2, 0.25) is 0 Å². The molecule has 2 aliphatic heterocycles. The molecule has 156 valence electrons. The molecule has 0 saturated carbocycles. The molecule has 5 rings (SSSR count). The maximum absolute atomic E-state index is 13.5. The smallest absolute Gasteiger partial charge is 0.272 e. The van der Waals surface area contributed by atoms with Crippen LogP contribution in [-0.4, -0.2) is 43.1 Å². The highest BCUT2D eigenvalue weighted by molar-refractivity contribution is 5.93. The predicted octanol–water partition coefficient (Wildman–Crippen LogP) is 3.13. The van der Waals surface area contributed by atoms with E-state index in [0.29, 0.717) is 30.3 Å². The number of piperidine rings is 1. The summed E-state index contributed by atoms with van der Waals surface area (Å²) in [6.07, 6.45) is 4.54. The van der Waals surface area contributed by atoms with Crippen LogP contribution in [0.4, 0.5) is 0 Å². The molecule has 7 heteroatoms. The number of carbonyl (C=O) groups is 1. The van der Waals surface area contributed by atoms with E-state index in [1.165, 1.54) is 6.33 Å². The fourth-order valence-corrected chi connectivity index (χ4v) is 5.25. The zero-order valence-electron chi connectivity index (χ0n) is 17.4. The first-order chi connectivity index (χ1) is 14.5. The minimum Gasteiger partial charge on any atom is -0.336 e. The van der Waals surface area contributed by atoms with Gasteiger partial charge >= 0.3 is 0 Å². The number of aromatic nitrogens is 4. The summed E-state index contributed by atoms with van der Waals surface area (Å²) in [6, 6.07) is 11.2. The number of amides is 1. The summed E-state index contributed by atoms with van der Waals surface area (Å²) in [7, 11) is 0. The van der Waals surface area contributed by atoms with E-state index >= 15 is 0 Å². The van der Waals surface area contributed by atoms with E-state index in [0.717, 1.165) is 25.0 Å². The molecule has 2 bridgehead atoms. The fourth-order valence-electron chi connectivity index (χ4n) is 5.25. The third-order valence-corrected chi connectivity index (χ3v) is 6.65. The number of hydrogen-bond acceptors (Lipinski definition) is 4. The summed E-state index contributed by atoms with van der Waals surface area (Å²) in [6.45, 7) is 5.73. The van der Waals surface area contributed by atoms with Crippen molar-refractivity contribution in [2.24, 2.45) is 11.8 Å². The molecule has 30 heavy (non-hydrogen) atoms. The first kappa shape index (κ1) is 19.0. The lowest BCUT2D eigenvalue weighted by Crippen LogP contribution is -2.51. The minimum atomic E-state index is -0.0184. The highest BCUT2D eigenvalue weighted by Gasteiger charge is 2.42. The van der Waals surface area contributed by atoms with Crippen molar-refractivity contribution in [2.45, 2.75) is 45.1 Å². The lowest BCUT2D eigenvalue weighted by Gasteiger charge is -2.47. The van der Waals surface area contributed by atoms with Crippen molar-refractivity contribution in [3.05, 3.63) is 64.5 Å². The average Bonchev–Trinajstić information content (AvgIpc) is 3.22. The topological polar surface area (TPSA) is 72.5 Å². The van der Waals surface area contributed by atoms with Crippen molar-refractivity contribution in [1.82, 2.24) is 24.1 Å². The van der Waals surface area contributed by atoms with Crippen LogP contribution >= 0.6 is 0 Å². The maximum atomic E-state index is 13.5. The van der Waals surface area contributed by atoms with Gasteiger partial charge in [-0.3, -0.25) is 9.59 Å². The monoisotopic (exact) mass is 405 g/mol. The standard InChI is InChI=1S/C23H27N5O2/c1-15(2)9-10-19-17-11-16(18-5-4-8-22(29)27(18)19)12-26(13-17)23(30)20-6-3-7-21-24-14-25-28(20)21/h3-8,14-17,19H,9-13H2,1-2H3/t16-,17+,19+/m1/s1. The lowest BCUT2D eigenvalue weighted by molar-refractivity contribution is 0.0505. The Morgan fingerprint density at radius 1 is 1.17 bits per heavy atom. The SMILES string of the molecule is CC(C)CC[C@H]1[C@H]2C[C@H](CN(C(=O)c3cccc4ncnn34)C2)c2cccc(=O)n21. The number of hydrogen-bond donors (Lipinski definition) is 0. The van der Waals surface area contributed by atoms with E-state index in [2.05, 4.69) is 30.0 Å². The van der Waals surface area contributed by atoms with Gasteiger partial charge < -0.3 is 9.47 Å².